The molecular weight excluding hydrogens is 356 g/mol. The number of carbonyl (C=O) groups is 2. The number of fused-ring (bicyclic) bond motifs is 1. The summed E-state index contributed by atoms with van der Waals surface area (Å²) in [4.78, 5) is 28.7. The third-order valence-corrected chi connectivity index (χ3v) is 4.36. The van der Waals surface area contributed by atoms with Crippen molar-refractivity contribution in [1.29, 1.82) is 0 Å². The van der Waals surface area contributed by atoms with Gasteiger partial charge in [0, 0.05) is 16.8 Å². The number of aryl methyl sites for hydroxylation is 1. The zero-order valence-electron chi connectivity index (χ0n) is 15.0. The van der Waals surface area contributed by atoms with Gasteiger partial charge in [-0.2, -0.15) is 0 Å². The van der Waals surface area contributed by atoms with Crippen LogP contribution >= 0.6 is 0 Å². The fraction of sp³-hybridized carbons (Fsp3) is 0.0476. The molecule has 0 atom stereocenters. The topological polar surface area (TPSA) is 111 Å². The van der Waals surface area contributed by atoms with E-state index in [1.54, 1.807) is 37.3 Å². The largest absolute Gasteiger partial charge is 0.366 e. The number of aromatic nitrogens is 2. The molecule has 2 amide bonds. The highest BCUT2D eigenvalue weighted by Gasteiger charge is 2.19. The molecule has 28 heavy (non-hydrogen) atoms. The third kappa shape index (κ3) is 3.21. The van der Waals surface area contributed by atoms with E-state index >= 15 is 0 Å². The van der Waals surface area contributed by atoms with Gasteiger partial charge >= 0.3 is 0 Å². The Morgan fingerprint density at radius 3 is 2.43 bits per heavy atom. The van der Waals surface area contributed by atoms with Crippen molar-refractivity contribution in [1.82, 2.24) is 10.1 Å². The van der Waals surface area contributed by atoms with Crippen molar-refractivity contribution in [2.45, 2.75) is 6.92 Å². The lowest BCUT2D eigenvalue weighted by Gasteiger charge is -2.09. The Bertz CT molecular complexity index is 1180. The Morgan fingerprint density at radius 1 is 1.04 bits per heavy atom. The lowest BCUT2D eigenvalue weighted by atomic mass is 10.0. The van der Waals surface area contributed by atoms with E-state index in [4.69, 9.17) is 10.3 Å². The minimum Gasteiger partial charge on any atom is -0.366 e. The molecule has 0 saturated heterocycles. The van der Waals surface area contributed by atoms with E-state index in [1.165, 1.54) is 0 Å². The van der Waals surface area contributed by atoms with E-state index < -0.39 is 5.91 Å². The molecule has 0 spiro atoms. The number of nitrogens with zero attached hydrogens (tertiary/aromatic N) is 2. The summed E-state index contributed by atoms with van der Waals surface area (Å²) < 4.78 is 5.30. The summed E-state index contributed by atoms with van der Waals surface area (Å²) in [6.45, 7) is 1.76. The van der Waals surface area contributed by atoms with Crippen LogP contribution in [-0.4, -0.2) is 22.0 Å². The molecule has 0 saturated carbocycles. The van der Waals surface area contributed by atoms with Gasteiger partial charge in [0.2, 0.25) is 5.91 Å². The molecule has 0 bridgehead atoms. The van der Waals surface area contributed by atoms with Crippen LogP contribution in [0.3, 0.4) is 0 Å². The number of pyridine rings is 1. The van der Waals surface area contributed by atoms with Gasteiger partial charge in [-0.3, -0.25) is 9.59 Å². The van der Waals surface area contributed by atoms with Crippen molar-refractivity contribution in [3.63, 3.8) is 0 Å². The van der Waals surface area contributed by atoms with E-state index in [0.29, 0.717) is 39.3 Å². The van der Waals surface area contributed by atoms with E-state index in [0.717, 1.165) is 5.56 Å². The van der Waals surface area contributed by atoms with Crippen LogP contribution in [0.5, 0.6) is 0 Å². The maximum atomic E-state index is 13.0. The van der Waals surface area contributed by atoms with E-state index in [-0.39, 0.29) is 5.91 Å². The maximum absolute atomic E-state index is 13.0. The van der Waals surface area contributed by atoms with Crippen molar-refractivity contribution in [3.05, 3.63) is 77.5 Å². The predicted molar refractivity (Wildman–Crippen MR) is 105 cm³/mol. The number of amides is 2. The van der Waals surface area contributed by atoms with Crippen molar-refractivity contribution >= 4 is 28.6 Å². The highest BCUT2D eigenvalue weighted by molar-refractivity contribution is 6.13. The Morgan fingerprint density at radius 2 is 1.75 bits per heavy atom. The summed E-state index contributed by atoms with van der Waals surface area (Å²) in [5.41, 5.74) is 8.90. The van der Waals surface area contributed by atoms with Gasteiger partial charge in [-0.1, -0.05) is 35.5 Å². The number of hydrogen-bond acceptors (Lipinski definition) is 5. The molecule has 4 rings (SSSR count). The van der Waals surface area contributed by atoms with Crippen LogP contribution in [0.2, 0.25) is 0 Å². The molecule has 0 radical (unpaired) electrons. The quantitative estimate of drug-likeness (QED) is 0.569. The molecular formula is C21H16N4O3. The average molecular weight is 372 g/mol. The summed E-state index contributed by atoms with van der Waals surface area (Å²) in [6, 6.07) is 17.6. The van der Waals surface area contributed by atoms with Crippen LogP contribution < -0.4 is 11.1 Å². The summed E-state index contributed by atoms with van der Waals surface area (Å²) in [5.74, 6) is -0.857. The summed E-state index contributed by atoms with van der Waals surface area (Å²) in [5, 5.41) is 7.33. The second-order valence-corrected chi connectivity index (χ2v) is 6.26. The van der Waals surface area contributed by atoms with Crippen molar-refractivity contribution in [2.75, 3.05) is 5.32 Å². The van der Waals surface area contributed by atoms with Crippen molar-refractivity contribution in [2.24, 2.45) is 5.73 Å². The normalized spacial score (nSPS) is 10.8. The van der Waals surface area contributed by atoms with Crippen LogP contribution in [0, 0.1) is 6.92 Å². The first-order valence-electron chi connectivity index (χ1n) is 8.56. The average Bonchev–Trinajstić information content (AvgIpc) is 3.09. The molecule has 0 fully saturated rings. The lowest BCUT2D eigenvalue weighted by Crippen LogP contribution is -2.14. The van der Waals surface area contributed by atoms with Gasteiger partial charge < -0.3 is 15.6 Å². The molecule has 0 aliphatic heterocycles. The summed E-state index contributed by atoms with van der Waals surface area (Å²) in [6.07, 6.45) is 0. The first-order valence-corrected chi connectivity index (χ1v) is 8.56. The standard InChI is InChI=1S/C21H16N4O3/c1-12-18-16(20(27)23-15-9-7-14(8-10-15)19(22)26)11-17(24-21(18)28-25-12)13-5-3-2-4-6-13/h2-11H,1H3,(H2,22,26)(H,23,27). The molecule has 3 N–H and O–H groups in total. The van der Waals surface area contributed by atoms with E-state index in [9.17, 15) is 9.59 Å². The zero-order valence-corrected chi connectivity index (χ0v) is 15.0. The fourth-order valence-electron chi connectivity index (χ4n) is 2.95. The maximum Gasteiger partial charge on any atom is 0.259 e. The number of benzene rings is 2. The molecule has 2 aromatic carbocycles. The van der Waals surface area contributed by atoms with E-state index in [2.05, 4.69) is 15.5 Å². The smallest absolute Gasteiger partial charge is 0.259 e. The molecule has 0 aliphatic carbocycles. The summed E-state index contributed by atoms with van der Waals surface area (Å²) >= 11 is 0. The first kappa shape index (κ1) is 17.4. The number of carbonyl (C=O) groups excluding carboxylic acids is 2. The summed E-state index contributed by atoms with van der Waals surface area (Å²) in [7, 11) is 0. The van der Waals surface area contributed by atoms with Crippen molar-refractivity contribution in [3.8, 4) is 11.3 Å². The van der Waals surface area contributed by atoms with Crippen molar-refractivity contribution < 1.29 is 14.1 Å². The minimum absolute atomic E-state index is 0.299. The lowest BCUT2D eigenvalue weighted by molar-refractivity contribution is 0.0998. The Labute approximate surface area is 160 Å². The molecule has 4 aromatic rings. The monoisotopic (exact) mass is 372 g/mol. The molecule has 2 aromatic heterocycles. The van der Waals surface area contributed by atoms with Gasteiger partial charge in [0.25, 0.3) is 11.6 Å². The van der Waals surface area contributed by atoms with Gasteiger partial charge in [-0.05, 0) is 37.3 Å². The van der Waals surface area contributed by atoms with Crippen LogP contribution in [0.4, 0.5) is 5.69 Å². The molecule has 2 heterocycles. The van der Waals surface area contributed by atoms with Crippen LogP contribution in [0.15, 0.2) is 65.2 Å². The molecule has 7 heteroatoms. The Hall–Kier alpha value is -4.00. The second-order valence-electron chi connectivity index (χ2n) is 6.26. The van der Waals surface area contributed by atoms with Crippen LogP contribution in [0.25, 0.3) is 22.4 Å². The highest BCUT2D eigenvalue weighted by Crippen LogP contribution is 2.27. The Kier molecular flexibility index (Phi) is 4.33. The van der Waals surface area contributed by atoms with Gasteiger partial charge in [-0.15, -0.1) is 0 Å². The fourth-order valence-corrected chi connectivity index (χ4v) is 2.95. The predicted octanol–water partition coefficient (Wildman–Crippen LogP) is 3.55. The van der Waals surface area contributed by atoms with Gasteiger partial charge in [0.15, 0.2) is 0 Å². The SMILES string of the molecule is Cc1noc2nc(-c3ccccc3)cc(C(=O)Nc3ccc(C(N)=O)cc3)c12. The number of nitrogens with one attached hydrogen (secondary N) is 1. The van der Waals surface area contributed by atoms with Gasteiger partial charge in [0.05, 0.1) is 22.3 Å². The number of hydrogen-bond donors (Lipinski definition) is 2. The molecule has 0 aliphatic rings. The molecule has 138 valence electrons. The number of anilines is 1. The van der Waals surface area contributed by atoms with E-state index in [1.807, 2.05) is 30.3 Å². The second kappa shape index (κ2) is 6.96. The van der Waals surface area contributed by atoms with Crippen LogP contribution in [-0.2, 0) is 0 Å². The number of rotatable bonds is 4. The van der Waals surface area contributed by atoms with Gasteiger partial charge in [-0.25, -0.2) is 4.98 Å². The molecule has 7 nitrogen and oxygen atoms in total. The molecule has 0 unspecified atom stereocenters. The third-order valence-electron chi connectivity index (χ3n) is 4.36. The minimum atomic E-state index is -0.527. The number of primary amides is 1. The first-order chi connectivity index (χ1) is 13.5. The zero-order chi connectivity index (χ0) is 19.7. The van der Waals surface area contributed by atoms with Gasteiger partial charge in [0.1, 0.15) is 0 Å². The Balaban J connectivity index is 1.75. The number of nitrogens with two attached hydrogens (primary N) is 1. The highest BCUT2D eigenvalue weighted by atomic mass is 16.5. The van der Waals surface area contributed by atoms with Crippen LogP contribution in [0.1, 0.15) is 26.4 Å².